The standard InChI is InChI=1S/C25H23F3N2OS/c1-16-11-17(2)23(18(3)12-16)32-15-24(31,25(26,27)28)20-9-10-22-19(13-20)14-29-30(22)21-7-5-4-6-8-21/h4-14,31H,15H2,1-3H3. The highest BCUT2D eigenvalue weighted by Gasteiger charge is 2.55. The van der Waals surface area contributed by atoms with Crippen molar-refractivity contribution in [3.63, 3.8) is 0 Å². The molecular formula is C25H23F3N2OS. The topological polar surface area (TPSA) is 38.1 Å². The summed E-state index contributed by atoms with van der Waals surface area (Å²) in [6.07, 6.45) is -3.32. The Morgan fingerprint density at radius 1 is 0.938 bits per heavy atom. The first-order valence-corrected chi connectivity index (χ1v) is 11.1. The number of para-hydroxylation sites is 1. The lowest BCUT2D eigenvalue weighted by atomic mass is 9.94. The number of aromatic nitrogens is 2. The molecule has 3 aromatic carbocycles. The van der Waals surface area contributed by atoms with Crippen LogP contribution in [0.2, 0.25) is 0 Å². The predicted molar refractivity (Wildman–Crippen MR) is 122 cm³/mol. The maximum Gasteiger partial charge on any atom is 0.422 e. The van der Waals surface area contributed by atoms with Crippen LogP contribution in [0.5, 0.6) is 0 Å². The fourth-order valence-corrected chi connectivity index (χ4v) is 5.22. The van der Waals surface area contributed by atoms with Crippen LogP contribution in [0, 0.1) is 20.8 Å². The summed E-state index contributed by atoms with van der Waals surface area (Å²) in [5, 5.41) is 15.8. The molecule has 1 unspecified atom stereocenters. The van der Waals surface area contributed by atoms with Gasteiger partial charge in [0.05, 0.1) is 17.4 Å². The number of thioether (sulfide) groups is 1. The Morgan fingerprint density at radius 2 is 1.59 bits per heavy atom. The minimum absolute atomic E-state index is 0.194. The van der Waals surface area contributed by atoms with Gasteiger partial charge in [-0.2, -0.15) is 18.3 Å². The molecule has 0 bridgehead atoms. The highest BCUT2D eigenvalue weighted by atomic mass is 32.2. The largest absolute Gasteiger partial charge is 0.422 e. The van der Waals surface area contributed by atoms with Crippen LogP contribution in [0.4, 0.5) is 13.2 Å². The normalized spacial score (nSPS) is 14.0. The second-order valence-electron chi connectivity index (χ2n) is 8.04. The number of hydrogen-bond acceptors (Lipinski definition) is 3. The lowest BCUT2D eigenvalue weighted by Crippen LogP contribution is -2.44. The van der Waals surface area contributed by atoms with Crippen LogP contribution in [0.3, 0.4) is 0 Å². The molecule has 0 aliphatic heterocycles. The van der Waals surface area contributed by atoms with Crippen LogP contribution < -0.4 is 0 Å². The van der Waals surface area contributed by atoms with Crippen LogP contribution in [-0.2, 0) is 5.60 Å². The minimum Gasteiger partial charge on any atom is -0.376 e. The van der Waals surface area contributed by atoms with Crippen molar-refractivity contribution >= 4 is 22.7 Å². The lowest BCUT2D eigenvalue weighted by Gasteiger charge is -2.31. The summed E-state index contributed by atoms with van der Waals surface area (Å²) in [7, 11) is 0. The molecule has 0 fully saturated rings. The third kappa shape index (κ3) is 4.02. The number of benzene rings is 3. The summed E-state index contributed by atoms with van der Waals surface area (Å²) in [5.41, 5.74) is 1.14. The Morgan fingerprint density at radius 3 is 2.22 bits per heavy atom. The third-order valence-electron chi connectivity index (χ3n) is 5.55. The lowest BCUT2D eigenvalue weighted by molar-refractivity contribution is -0.256. The molecule has 32 heavy (non-hydrogen) atoms. The number of halogens is 3. The van der Waals surface area contributed by atoms with E-state index in [-0.39, 0.29) is 5.56 Å². The molecule has 0 amide bonds. The van der Waals surface area contributed by atoms with E-state index in [0.29, 0.717) is 10.9 Å². The molecule has 0 saturated heterocycles. The first-order chi connectivity index (χ1) is 15.1. The predicted octanol–water partition coefficient (Wildman–Crippen LogP) is 6.49. The number of alkyl halides is 3. The molecule has 1 atom stereocenters. The molecule has 0 spiro atoms. The zero-order chi connectivity index (χ0) is 23.1. The van der Waals surface area contributed by atoms with E-state index in [1.807, 2.05) is 63.2 Å². The van der Waals surface area contributed by atoms with E-state index in [4.69, 9.17) is 0 Å². The number of aliphatic hydroxyl groups is 1. The van der Waals surface area contributed by atoms with Gasteiger partial charge in [-0.25, -0.2) is 4.68 Å². The highest BCUT2D eigenvalue weighted by Crippen LogP contribution is 2.44. The highest BCUT2D eigenvalue weighted by molar-refractivity contribution is 7.99. The van der Waals surface area contributed by atoms with Crippen LogP contribution in [0.15, 0.2) is 71.8 Å². The van der Waals surface area contributed by atoms with Crippen molar-refractivity contribution in [1.29, 1.82) is 0 Å². The molecular weight excluding hydrogens is 433 g/mol. The fourth-order valence-electron chi connectivity index (χ4n) is 3.97. The van der Waals surface area contributed by atoms with Crippen molar-refractivity contribution in [2.24, 2.45) is 0 Å². The average molecular weight is 457 g/mol. The first-order valence-electron chi connectivity index (χ1n) is 10.1. The summed E-state index contributed by atoms with van der Waals surface area (Å²) in [4.78, 5) is 0.760. The van der Waals surface area contributed by atoms with Crippen molar-refractivity contribution in [1.82, 2.24) is 9.78 Å². The van der Waals surface area contributed by atoms with Gasteiger partial charge in [0, 0.05) is 16.0 Å². The van der Waals surface area contributed by atoms with Gasteiger partial charge >= 0.3 is 6.18 Å². The monoisotopic (exact) mass is 456 g/mol. The maximum absolute atomic E-state index is 14.1. The minimum atomic E-state index is -4.84. The number of rotatable bonds is 5. The summed E-state index contributed by atoms with van der Waals surface area (Å²) in [5.74, 6) is -0.542. The summed E-state index contributed by atoms with van der Waals surface area (Å²) >= 11 is 1.03. The number of fused-ring (bicyclic) bond motifs is 1. The molecule has 1 heterocycles. The van der Waals surface area contributed by atoms with Crippen molar-refractivity contribution in [2.45, 2.75) is 37.4 Å². The smallest absolute Gasteiger partial charge is 0.376 e. The second kappa shape index (κ2) is 8.30. The molecule has 3 nitrogen and oxygen atoms in total. The van der Waals surface area contributed by atoms with Gasteiger partial charge in [0.15, 0.2) is 5.60 Å². The van der Waals surface area contributed by atoms with E-state index in [9.17, 15) is 18.3 Å². The van der Waals surface area contributed by atoms with Gasteiger partial charge in [0.1, 0.15) is 0 Å². The third-order valence-corrected chi connectivity index (χ3v) is 7.04. The van der Waals surface area contributed by atoms with Crippen LogP contribution in [0.25, 0.3) is 16.6 Å². The molecule has 0 aliphatic carbocycles. The number of aryl methyl sites for hydroxylation is 3. The van der Waals surface area contributed by atoms with E-state index in [0.717, 1.165) is 39.0 Å². The van der Waals surface area contributed by atoms with Gasteiger partial charge in [-0.3, -0.25) is 0 Å². The van der Waals surface area contributed by atoms with Gasteiger partial charge in [-0.1, -0.05) is 42.0 Å². The molecule has 1 N–H and O–H groups in total. The molecule has 7 heteroatoms. The fraction of sp³-hybridized carbons (Fsp3) is 0.240. The average Bonchev–Trinajstić information content (AvgIpc) is 3.16. The van der Waals surface area contributed by atoms with Gasteiger partial charge in [0.2, 0.25) is 0 Å². The summed E-state index contributed by atoms with van der Waals surface area (Å²) < 4.78 is 44.1. The number of nitrogens with zero attached hydrogens (tertiary/aromatic N) is 2. The molecule has 0 saturated carbocycles. The SMILES string of the molecule is Cc1cc(C)c(SCC(O)(c2ccc3c(cnn3-c3ccccc3)c2)C(F)(F)F)c(C)c1. The van der Waals surface area contributed by atoms with E-state index in [2.05, 4.69) is 5.10 Å². The van der Waals surface area contributed by atoms with E-state index in [1.54, 1.807) is 10.7 Å². The van der Waals surface area contributed by atoms with Crippen molar-refractivity contribution in [3.05, 3.63) is 89.1 Å². The molecule has 4 aromatic rings. The van der Waals surface area contributed by atoms with Gasteiger partial charge in [-0.05, 0) is 61.7 Å². The van der Waals surface area contributed by atoms with E-state index < -0.39 is 17.5 Å². The Hall–Kier alpha value is -2.77. The quantitative estimate of drug-likeness (QED) is 0.349. The van der Waals surface area contributed by atoms with Gasteiger partial charge in [-0.15, -0.1) is 11.8 Å². The zero-order valence-corrected chi connectivity index (χ0v) is 18.8. The van der Waals surface area contributed by atoms with Crippen LogP contribution in [-0.4, -0.2) is 26.8 Å². The molecule has 4 rings (SSSR count). The van der Waals surface area contributed by atoms with Crippen LogP contribution >= 0.6 is 11.8 Å². The first kappa shape index (κ1) is 22.4. The van der Waals surface area contributed by atoms with Gasteiger partial charge < -0.3 is 5.11 Å². The van der Waals surface area contributed by atoms with Crippen molar-refractivity contribution in [3.8, 4) is 5.69 Å². The van der Waals surface area contributed by atoms with Gasteiger partial charge in [0.25, 0.3) is 0 Å². The van der Waals surface area contributed by atoms with E-state index >= 15 is 0 Å². The molecule has 166 valence electrons. The molecule has 1 aromatic heterocycles. The second-order valence-corrected chi connectivity index (χ2v) is 9.03. The van der Waals surface area contributed by atoms with E-state index in [1.165, 1.54) is 18.3 Å². The molecule has 0 radical (unpaired) electrons. The summed E-state index contributed by atoms with van der Waals surface area (Å²) in [6, 6.07) is 17.5. The Kier molecular flexibility index (Phi) is 5.81. The number of hydrogen-bond donors (Lipinski definition) is 1. The van der Waals surface area contributed by atoms with Crippen molar-refractivity contribution < 1.29 is 18.3 Å². The maximum atomic E-state index is 14.1. The Bertz CT molecular complexity index is 1240. The molecule has 0 aliphatic rings. The Balaban J connectivity index is 1.72. The van der Waals surface area contributed by atoms with Crippen molar-refractivity contribution in [2.75, 3.05) is 5.75 Å². The van der Waals surface area contributed by atoms with Crippen LogP contribution in [0.1, 0.15) is 22.3 Å². The Labute approximate surface area is 188 Å². The zero-order valence-electron chi connectivity index (χ0n) is 17.9. The summed E-state index contributed by atoms with van der Waals surface area (Å²) in [6.45, 7) is 5.70.